The Bertz CT molecular complexity index is 955. The largest absolute Gasteiger partial charge is 0.497 e. The molecule has 0 bridgehead atoms. The summed E-state index contributed by atoms with van der Waals surface area (Å²) in [5, 5.41) is 11.7. The number of aromatic nitrogens is 1. The topological polar surface area (TPSA) is 64.0 Å². The fraction of sp³-hybridized carbons (Fsp3) is 0.318. The molecular weight excluding hydrogens is 356 g/mol. The highest BCUT2D eigenvalue weighted by molar-refractivity contribution is 5.91. The zero-order chi connectivity index (χ0) is 20.3. The first-order valence-electron chi connectivity index (χ1n) is 9.00. The van der Waals surface area contributed by atoms with E-state index in [1.54, 1.807) is 21.3 Å². The van der Waals surface area contributed by atoms with Gasteiger partial charge in [0.2, 0.25) is 0 Å². The number of rotatable bonds is 7. The monoisotopic (exact) mass is 382 g/mol. The molecule has 3 aromatic rings. The quantitative estimate of drug-likeness (QED) is 0.675. The van der Waals surface area contributed by atoms with Gasteiger partial charge in [0.15, 0.2) is 0 Å². The van der Waals surface area contributed by atoms with Gasteiger partial charge >= 0.3 is 0 Å². The highest BCUT2D eigenvalue weighted by atomic mass is 16.5. The summed E-state index contributed by atoms with van der Waals surface area (Å²) in [6, 6.07) is 13.4. The third kappa shape index (κ3) is 4.03. The maximum Gasteiger partial charge on any atom is 0.131 e. The molecule has 1 atom stereocenters. The van der Waals surface area contributed by atoms with Crippen LogP contribution in [0, 0.1) is 0 Å². The van der Waals surface area contributed by atoms with E-state index in [0.29, 0.717) is 29.3 Å². The fourth-order valence-corrected chi connectivity index (χ4v) is 3.21. The first kappa shape index (κ1) is 19.9. The Hall–Kier alpha value is -2.83. The van der Waals surface area contributed by atoms with E-state index in [0.717, 1.165) is 22.3 Å². The lowest BCUT2D eigenvalue weighted by Crippen LogP contribution is -2.21. The van der Waals surface area contributed by atoms with Crippen molar-refractivity contribution >= 4 is 10.9 Å². The van der Waals surface area contributed by atoms with Gasteiger partial charge in [-0.1, -0.05) is 12.1 Å². The lowest BCUT2D eigenvalue weighted by Gasteiger charge is -2.20. The molecule has 6 nitrogen and oxygen atoms in total. The van der Waals surface area contributed by atoms with Crippen LogP contribution < -0.4 is 14.2 Å². The summed E-state index contributed by atoms with van der Waals surface area (Å²) in [5.41, 5.74) is 3.12. The Labute approximate surface area is 165 Å². The Kier molecular flexibility index (Phi) is 6.02. The first-order chi connectivity index (χ1) is 13.5. The van der Waals surface area contributed by atoms with Gasteiger partial charge in [-0.3, -0.25) is 0 Å². The third-order valence-corrected chi connectivity index (χ3v) is 4.61. The second kappa shape index (κ2) is 8.46. The van der Waals surface area contributed by atoms with Crippen molar-refractivity contribution < 1.29 is 19.3 Å². The Morgan fingerprint density at radius 3 is 2.18 bits per heavy atom. The van der Waals surface area contributed by atoms with Gasteiger partial charge in [-0.15, -0.1) is 0 Å². The van der Waals surface area contributed by atoms with Gasteiger partial charge in [-0.2, -0.15) is 0 Å². The van der Waals surface area contributed by atoms with Crippen molar-refractivity contribution in [1.82, 2.24) is 9.88 Å². The van der Waals surface area contributed by atoms with Crippen molar-refractivity contribution in [2.45, 2.75) is 6.10 Å². The van der Waals surface area contributed by atoms with E-state index < -0.39 is 6.10 Å². The van der Waals surface area contributed by atoms with Crippen LogP contribution in [0.3, 0.4) is 0 Å². The number of benzene rings is 2. The second-order valence-corrected chi connectivity index (χ2v) is 6.82. The molecule has 148 valence electrons. The van der Waals surface area contributed by atoms with Gasteiger partial charge in [-0.05, 0) is 37.9 Å². The number of aliphatic hydroxyl groups is 1. The van der Waals surface area contributed by atoms with Crippen molar-refractivity contribution in [3.05, 3.63) is 48.2 Å². The molecule has 0 saturated carbocycles. The number of methoxy groups -OCH3 is 3. The summed E-state index contributed by atoms with van der Waals surface area (Å²) in [7, 11) is 8.70. The summed E-state index contributed by atoms with van der Waals surface area (Å²) in [4.78, 5) is 6.73. The minimum absolute atomic E-state index is 0.461. The number of fused-ring (bicyclic) bond motifs is 1. The van der Waals surface area contributed by atoms with Crippen LogP contribution in [0.15, 0.2) is 42.5 Å². The van der Waals surface area contributed by atoms with Crippen LogP contribution in [0.5, 0.6) is 17.2 Å². The molecule has 2 aromatic carbocycles. The van der Waals surface area contributed by atoms with Gasteiger partial charge in [0, 0.05) is 29.6 Å². The van der Waals surface area contributed by atoms with Crippen molar-refractivity contribution in [3.63, 3.8) is 0 Å². The average Bonchev–Trinajstić information content (AvgIpc) is 2.71. The van der Waals surface area contributed by atoms with Crippen LogP contribution in [0.2, 0.25) is 0 Å². The molecular formula is C22H26N2O4. The number of ether oxygens (including phenoxy) is 3. The zero-order valence-electron chi connectivity index (χ0n) is 16.9. The molecule has 1 heterocycles. The lowest BCUT2D eigenvalue weighted by molar-refractivity contribution is 0.135. The standard InChI is InChI=1S/C22H26N2O4/c1-24(2)13-20(25)22-17(14-6-8-15(26-3)9-7-14)12-18-19(23-22)10-16(27-4)11-21(18)28-5/h6-12,20,25H,13H2,1-5H3. The van der Waals surface area contributed by atoms with Crippen molar-refractivity contribution in [3.8, 4) is 28.4 Å². The van der Waals surface area contributed by atoms with Crippen LogP contribution in [0.25, 0.3) is 22.0 Å². The first-order valence-corrected chi connectivity index (χ1v) is 9.00. The van der Waals surface area contributed by atoms with Crippen LogP contribution >= 0.6 is 0 Å². The predicted octanol–water partition coefficient (Wildman–Crippen LogP) is 3.52. The summed E-state index contributed by atoms with van der Waals surface area (Å²) in [6.45, 7) is 0.461. The zero-order valence-corrected chi connectivity index (χ0v) is 16.9. The van der Waals surface area contributed by atoms with Gasteiger partial charge in [-0.25, -0.2) is 4.98 Å². The van der Waals surface area contributed by atoms with E-state index in [1.807, 2.05) is 61.5 Å². The van der Waals surface area contributed by atoms with Crippen molar-refractivity contribution in [2.24, 2.45) is 0 Å². The number of hydrogen-bond acceptors (Lipinski definition) is 6. The maximum atomic E-state index is 10.9. The smallest absolute Gasteiger partial charge is 0.131 e. The molecule has 0 saturated heterocycles. The second-order valence-electron chi connectivity index (χ2n) is 6.82. The number of nitrogens with zero attached hydrogens (tertiary/aromatic N) is 2. The highest BCUT2D eigenvalue weighted by Gasteiger charge is 2.19. The van der Waals surface area contributed by atoms with Gasteiger partial charge < -0.3 is 24.2 Å². The summed E-state index contributed by atoms with van der Waals surface area (Å²) >= 11 is 0. The predicted molar refractivity (Wildman–Crippen MR) is 110 cm³/mol. The molecule has 1 unspecified atom stereocenters. The molecule has 0 radical (unpaired) electrons. The average molecular weight is 382 g/mol. The molecule has 0 aliphatic heterocycles. The molecule has 0 aliphatic carbocycles. The number of pyridine rings is 1. The molecule has 1 N–H and O–H groups in total. The molecule has 1 aromatic heterocycles. The number of hydrogen-bond donors (Lipinski definition) is 1. The molecule has 6 heteroatoms. The van der Waals surface area contributed by atoms with Gasteiger partial charge in [0.25, 0.3) is 0 Å². The van der Waals surface area contributed by atoms with Gasteiger partial charge in [0.1, 0.15) is 23.4 Å². The van der Waals surface area contributed by atoms with Crippen LogP contribution in [-0.4, -0.2) is 57.0 Å². The summed E-state index contributed by atoms with van der Waals surface area (Å²) < 4.78 is 16.2. The molecule has 0 amide bonds. The lowest BCUT2D eigenvalue weighted by atomic mass is 9.98. The molecule has 28 heavy (non-hydrogen) atoms. The normalized spacial score (nSPS) is 12.2. The summed E-state index contributed by atoms with van der Waals surface area (Å²) in [6.07, 6.45) is -0.742. The van der Waals surface area contributed by atoms with Crippen molar-refractivity contribution in [2.75, 3.05) is 42.0 Å². The van der Waals surface area contributed by atoms with E-state index in [9.17, 15) is 5.11 Å². The van der Waals surface area contributed by atoms with E-state index in [-0.39, 0.29) is 0 Å². The molecule has 3 rings (SSSR count). The fourth-order valence-electron chi connectivity index (χ4n) is 3.21. The molecule has 0 spiro atoms. The van der Waals surface area contributed by atoms with Crippen molar-refractivity contribution in [1.29, 1.82) is 0 Å². The Morgan fingerprint density at radius 2 is 1.61 bits per heavy atom. The minimum Gasteiger partial charge on any atom is -0.497 e. The van der Waals surface area contributed by atoms with Gasteiger partial charge in [0.05, 0.1) is 32.5 Å². The maximum absolute atomic E-state index is 10.9. The van der Waals surface area contributed by atoms with E-state index in [2.05, 4.69) is 0 Å². The van der Waals surface area contributed by atoms with Crippen LogP contribution in [0.1, 0.15) is 11.8 Å². The van der Waals surface area contributed by atoms with E-state index in [1.165, 1.54) is 0 Å². The van der Waals surface area contributed by atoms with E-state index >= 15 is 0 Å². The Balaban J connectivity index is 2.25. The summed E-state index contributed by atoms with van der Waals surface area (Å²) in [5.74, 6) is 2.10. The van der Waals surface area contributed by atoms with E-state index in [4.69, 9.17) is 19.2 Å². The van der Waals surface area contributed by atoms with Crippen LogP contribution in [0.4, 0.5) is 0 Å². The highest BCUT2D eigenvalue weighted by Crippen LogP contribution is 2.37. The number of aliphatic hydroxyl groups excluding tert-OH is 1. The minimum atomic E-state index is -0.742. The molecule has 0 aliphatic rings. The molecule has 0 fully saturated rings. The third-order valence-electron chi connectivity index (χ3n) is 4.61. The number of likely N-dealkylation sites (N-methyl/N-ethyl adjacent to an activating group) is 1. The van der Waals surface area contributed by atoms with Crippen LogP contribution in [-0.2, 0) is 0 Å². The SMILES string of the molecule is COc1ccc(-c2cc3c(OC)cc(OC)cc3nc2C(O)CN(C)C)cc1. The Morgan fingerprint density at radius 1 is 0.929 bits per heavy atom.